The molecular formula is C16H14N4OS. The van der Waals surface area contributed by atoms with Crippen molar-refractivity contribution in [3.63, 3.8) is 0 Å². The Balaban J connectivity index is 1.87. The Morgan fingerprint density at radius 3 is 2.82 bits per heavy atom. The molecule has 0 saturated heterocycles. The fraction of sp³-hybridized carbons (Fsp3) is 0.125. The first-order chi connectivity index (χ1) is 10.7. The van der Waals surface area contributed by atoms with Gasteiger partial charge < -0.3 is 4.57 Å². The van der Waals surface area contributed by atoms with E-state index in [-0.39, 0.29) is 11.6 Å². The summed E-state index contributed by atoms with van der Waals surface area (Å²) in [6.45, 7) is 2.73. The molecule has 0 bridgehead atoms. The number of aryl methyl sites for hydroxylation is 1. The standard InChI is InChI=1S/C16H14N4OS/c1-12-2-4-13(5-3-12)11-20-8-9-22-16(20)19-15(21)14-10-17-6-7-18-14/h2-10H,11H2,1H3. The number of benzene rings is 1. The monoisotopic (exact) mass is 310 g/mol. The molecule has 0 radical (unpaired) electrons. The summed E-state index contributed by atoms with van der Waals surface area (Å²) < 4.78 is 1.95. The van der Waals surface area contributed by atoms with Gasteiger partial charge in [-0.3, -0.25) is 9.78 Å². The summed E-state index contributed by atoms with van der Waals surface area (Å²) >= 11 is 1.42. The molecule has 3 rings (SSSR count). The third kappa shape index (κ3) is 3.35. The Kier molecular flexibility index (Phi) is 4.20. The number of carbonyl (C=O) groups is 1. The summed E-state index contributed by atoms with van der Waals surface area (Å²) in [5.41, 5.74) is 2.64. The number of rotatable bonds is 3. The van der Waals surface area contributed by atoms with E-state index in [0.717, 1.165) is 5.56 Å². The Labute approximate surface area is 131 Å². The van der Waals surface area contributed by atoms with Crippen molar-refractivity contribution >= 4 is 17.2 Å². The molecule has 3 aromatic rings. The van der Waals surface area contributed by atoms with E-state index in [0.29, 0.717) is 11.3 Å². The van der Waals surface area contributed by atoms with Crippen molar-refractivity contribution in [2.24, 2.45) is 4.99 Å². The minimum atomic E-state index is -0.381. The van der Waals surface area contributed by atoms with Crippen molar-refractivity contribution < 1.29 is 4.79 Å². The highest BCUT2D eigenvalue weighted by Crippen LogP contribution is 2.05. The quantitative estimate of drug-likeness (QED) is 0.746. The van der Waals surface area contributed by atoms with E-state index in [2.05, 4.69) is 46.1 Å². The summed E-state index contributed by atoms with van der Waals surface area (Å²) in [6.07, 6.45) is 6.36. The molecule has 0 spiro atoms. The topological polar surface area (TPSA) is 60.1 Å². The van der Waals surface area contributed by atoms with E-state index in [1.807, 2.05) is 16.1 Å². The van der Waals surface area contributed by atoms with Crippen LogP contribution in [0.15, 0.2) is 59.4 Å². The fourth-order valence-corrected chi connectivity index (χ4v) is 2.68. The zero-order chi connectivity index (χ0) is 15.4. The number of amides is 1. The fourth-order valence-electron chi connectivity index (χ4n) is 1.95. The Hall–Kier alpha value is -2.60. The molecule has 0 N–H and O–H groups in total. The molecule has 0 atom stereocenters. The molecule has 0 fully saturated rings. The summed E-state index contributed by atoms with van der Waals surface area (Å²) in [5, 5.41) is 1.91. The molecule has 22 heavy (non-hydrogen) atoms. The molecule has 0 saturated carbocycles. The maximum atomic E-state index is 12.1. The first kappa shape index (κ1) is 14.3. The van der Waals surface area contributed by atoms with Gasteiger partial charge in [0.2, 0.25) is 0 Å². The SMILES string of the molecule is Cc1ccc(Cn2ccsc2=NC(=O)c2cnccn2)cc1. The smallest absolute Gasteiger partial charge is 0.299 e. The molecule has 0 aliphatic carbocycles. The zero-order valence-electron chi connectivity index (χ0n) is 12.0. The first-order valence-corrected chi connectivity index (χ1v) is 7.65. The highest BCUT2D eigenvalue weighted by molar-refractivity contribution is 7.07. The van der Waals surface area contributed by atoms with Crippen LogP contribution in [0.4, 0.5) is 0 Å². The molecule has 6 heteroatoms. The molecule has 0 unspecified atom stereocenters. The second kappa shape index (κ2) is 6.44. The predicted molar refractivity (Wildman–Crippen MR) is 84.5 cm³/mol. The number of nitrogens with zero attached hydrogens (tertiary/aromatic N) is 4. The van der Waals surface area contributed by atoms with Crippen LogP contribution in [-0.2, 0) is 6.54 Å². The molecule has 0 aliphatic rings. The number of hydrogen-bond donors (Lipinski definition) is 0. The first-order valence-electron chi connectivity index (χ1n) is 6.77. The van der Waals surface area contributed by atoms with Crippen molar-refractivity contribution in [3.05, 3.63) is 76.1 Å². The van der Waals surface area contributed by atoms with Gasteiger partial charge in [0.05, 0.1) is 6.20 Å². The average molecular weight is 310 g/mol. The van der Waals surface area contributed by atoms with Crippen molar-refractivity contribution in [2.75, 3.05) is 0 Å². The van der Waals surface area contributed by atoms with Crippen molar-refractivity contribution in [3.8, 4) is 0 Å². The molecule has 2 heterocycles. The van der Waals surface area contributed by atoms with Crippen LogP contribution in [-0.4, -0.2) is 20.4 Å². The minimum Gasteiger partial charge on any atom is -0.319 e. The van der Waals surface area contributed by atoms with Gasteiger partial charge in [0.15, 0.2) is 4.80 Å². The number of thiazole rings is 1. The Morgan fingerprint density at radius 2 is 2.09 bits per heavy atom. The van der Waals surface area contributed by atoms with Gasteiger partial charge >= 0.3 is 0 Å². The summed E-state index contributed by atoms with van der Waals surface area (Å²) in [5.74, 6) is -0.381. The van der Waals surface area contributed by atoms with Crippen molar-refractivity contribution in [1.29, 1.82) is 0 Å². The van der Waals surface area contributed by atoms with Crippen LogP contribution in [0.2, 0.25) is 0 Å². The predicted octanol–water partition coefficient (Wildman–Crippen LogP) is 2.44. The van der Waals surface area contributed by atoms with Gasteiger partial charge in [-0.25, -0.2) is 4.98 Å². The maximum absolute atomic E-state index is 12.1. The zero-order valence-corrected chi connectivity index (χ0v) is 12.8. The second-order valence-corrected chi connectivity index (χ2v) is 5.68. The van der Waals surface area contributed by atoms with Crippen LogP contribution in [0.1, 0.15) is 21.6 Å². The average Bonchev–Trinajstić information content (AvgIpc) is 2.97. The molecule has 110 valence electrons. The summed E-state index contributed by atoms with van der Waals surface area (Å²) in [4.78, 5) is 24.7. The van der Waals surface area contributed by atoms with Gasteiger partial charge in [0.1, 0.15) is 5.69 Å². The van der Waals surface area contributed by atoms with Crippen molar-refractivity contribution in [2.45, 2.75) is 13.5 Å². The highest BCUT2D eigenvalue weighted by Gasteiger charge is 2.06. The Morgan fingerprint density at radius 1 is 1.27 bits per heavy atom. The lowest BCUT2D eigenvalue weighted by molar-refractivity contribution is 0.0992. The van der Waals surface area contributed by atoms with Crippen LogP contribution >= 0.6 is 11.3 Å². The van der Waals surface area contributed by atoms with E-state index in [1.54, 1.807) is 0 Å². The highest BCUT2D eigenvalue weighted by atomic mass is 32.1. The molecule has 0 aliphatic heterocycles. The van der Waals surface area contributed by atoms with Crippen LogP contribution in [0.3, 0.4) is 0 Å². The number of carbonyl (C=O) groups excluding carboxylic acids is 1. The van der Waals surface area contributed by atoms with Gasteiger partial charge in [-0.15, -0.1) is 11.3 Å². The van der Waals surface area contributed by atoms with E-state index < -0.39 is 0 Å². The van der Waals surface area contributed by atoms with Crippen LogP contribution in [0.5, 0.6) is 0 Å². The van der Waals surface area contributed by atoms with E-state index in [9.17, 15) is 4.79 Å². The summed E-state index contributed by atoms with van der Waals surface area (Å²) in [7, 11) is 0. The number of hydrogen-bond acceptors (Lipinski definition) is 4. The van der Waals surface area contributed by atoms with Crippen LogP contribution in [0, 0.1) is 6.92 Å². The lowest BCUT2D eigenvalue weighted by Crippen LogP contribution is -2.17. The summed E-state index contributed by atoms with van der Waals surface area (Å²) in [6, 6.07) is 8.30. The van der Waals surface area contributed by atoms with E-state index in [1.165, 1.54) is 35.5 Å². The Bertz CT molecular complexity index is 834. The minimum absolute atomic E-state index is 0.248. The second-order valence-electron chi connectivity index (χ2n) is 4.81. The van der Waals surface area contributed by atoms with Crippen LogP contribution < -0.4 is 4.80 Å². The van der Waals surface area contributed by atoms with Gasteiger partial charge in [-0.05, 0) is 12.5 Å². The third-order valence-corrected chi connectivity index (χ3v) is 3.91. The largest absolute Gasteiger partial charge is 0.319 e. The van der Waals surface area contributed by atoms with Crippen molar-refractivity contribution in [1.82, 2.24) is 14.5 Å². The molecule has 1 aromatic carbocycles. The van der Waals surface area contributed by atoms with Crippen LogP contribution in [0.25, 0.3) is 0 Å². The molecular weight excluding hydrogens is 296 g/mol. The molecule has 5 nitrogen and oxygen atoms in total. The van der Waals surface area contributed by atoms with E-state index >= 15 is 0 Å². The number of aromatic nitrogens is 3. The van der Waals surface area contributed by atoms with Gasteiger partial charge in [-0.1, -0.05) is 29.8 Å². The normalized spacial score (nSPS) is 11.6. The molecule has 1 amide bonds. The lowest BCUT2D eigenvalue weighted by atomic mass is 10.1. The van der Waals surface area contributed by atoms with Gasteiger partial charge in [0, 0.05) is 30.5 Å². The maximum Gasteiger partial charge on any atom is 0.299 e. The van der Waals surface area contributed by atoms with Gasteiger partial charge in [0.25, 0.3) is 5.91 Å². The third-order valence-electron chi connectivity index (χ3n) is 3.11. The van der Waals surface area contributed by atoms with Gasteiger partial charge in [-0.2, -0.15) is 4.99 Å². The molecule has 2 aromatic heterocycles. The lowest BCUT2D eigenvalue weighted by Gasteiger charge is -2.03. The van der Waals surface area contributed by atoms with E-state index in [4.69, 9.17) is 0 Å².